The van der Waals surface area contributed by atoms with Gasteiger partial charge < -0.3 is 10.0 Å². The molecule has 0 spiro atoms. The van der Waals surface area contributed by atoms with E-state index in [1.165, 1.54) is 0 Å². The zero-order chi connectivity index (χ0) is 14.0. The summed E-state index contributed by atoms with van der Waals surface area (Å²) in [6, 6.07) is 7.56. The first-order chi connectivity index (χ1) is 8.97. The fourth-order valence-electron chi connectivity index (χ4n) is 2.35. The van der Waals surface area contributed by atoms with Crippen LogP contribution in [0, 0.1) is 6.92 Å². The molecular weight excluding hydrogens is 244 g/mol. The summed E-state index contributed by atoms with van der Waals surface area (Å²) in [5, 5.41) is 8.92. The average Bonchev–Trinajstić information content (AvgIpc) is 2.32. The number of rotatable bonds is 3. The van der Waals surface area contributed by atoms with Crippen molar-refractivity contribution in [3.8, 4) is 0 Å². The number of nitrogens with zero attached hydrogens (tertiary/aromatic N) is 2. The lowest BCUT2D eigenvalue weighted by Gasteiger charge is -2.38. The number of likely N-dealkylation sites (N-methyl/N-ethyl adjacent to an activating group) is 1. The summed E-state index contributed by atoms with van der Waals surface area (Å²) >= 11 is 0. The van der Waals surface area contributed by atoms with Crippen molar-refractivity contribution in [3.05, 3.63) is 29.8 Å². The van der Waals surface area contributed by atoms with Gasteiger partial charge in [-0.3, -0.25) is 14.5 Å². The molecule has 5 nitrogen and oxygen atoms in total. The molecule has 1 heterocycles. The smallest absolute Gasteiger partial charge is 0.305 e. The van der Waals surface area contributed by atoms with Gasteiger partial charge in [-0.15, -0.1) is 0 Å². The summed E-state index contributed by atoms with van der Waals surface area (Å²) < 4.78 is 0. The topological polar surface area (TPSA) is 60.9 Å². The van der Waals surface area contributed by atoms with Gasteiger partial charge in [-0.05, 0) is 31.7 Å². The first-order valence-corrected chi connectivity index (χ1v) is 6.26. The first kappa shape index (κ1) is 13.5. The number of aryl methyl sites for hydroxylation is 1. The Kier molecular flexibility index (Phi) is 3.85. The van der Waals surface area contributed by atoms with Crippen molar-refractivity contribution in [3.63, 3.8) is 0 Å². The van der Waals surface area contributed by atoms with Crippen LogP contribution >= 0.6 is 0 Å². The van der Waals surface area contributed by atoms with Crippen LogP contribution in [-0.4, -0.2) is 48.1 Å². The highest BCUT2D eigenvalue weighted by molar-refractivity contribution is 5.95. The number of hydrogen-bond acceptors (Lipinski definition) is 3. The number of anilines is 1. The van der Waals surface area contributed by atoms with Crippen LogP contribution in [0.1, 0.15) is 12.0 Å². The second-order valence-corrected chi connectivity index (χ2v) is 5.01. The van der Waals surface area contributed by atoms with Crippen molar-refractivity contribution in [2.75, 3.05) is 25.0 Å². The maximum atomic E-state index is 12.1. The molecule has 0 saturated carbocycles. The molecule has 102 valence electrons. The Hall–Kier alpha value is -1.88. The molecular formula is C14H18N2O3. The van der Waals surface area contributed by atoms with Gasteiger partial charge in [-0.25, -0.2) is 0 Å². The van der Waals surface area contributed by atoms with Gasteiger partial charge in [0, 0.05) is 18.3 Å². The van der Waals surface area contributed by atoms with Crippen LogP contribution in [0.25, 0.3) is 0 Å². The van der Waals surface area contributed by atoms with Crippen molar-refractivity contribution < 1.29 is 14.7 Å². The number of piperazine rings is 1. The van der Waals surface area contributed by atoms with Gasteiger partial charge in [0.1, 0.15) is 0 Å². The number of benzene rings is 1. The monoisotopic (exact) mass is 262 g/mol. The molecule has 19 heavy (non-hydrogen) atoms. The number of carbonyl (C=O) groups is 2. The summed E-state index contributed by atoms with van der Waals surface area (Å²) in [6.07, 6.45) is 0.0477. The van der Waals surface area contributed by atoms with E-state index in [0.29, 0.717) is 6.54 Å². The van der Waals surface area contributed by atoms with E-state index in [9.17, 15) is 9.59 Å². The Morgan fingerprint density at radius 1 is 1.47 bits per heavy atom. The lowest BCUT2D eigenvalue weighted by Crippen LogP contribution is -2.55. The standard InChI is InChI=1S/C14H18N2O3/c1-10-4-3-5-11(6-10)16-8-12(7-14(18)19)15(2)9-13(16)17/h3-6,12H,7-9H2,1-2H3,(H,18,19). The third kappa shape index (κ3) is 3.12. The van der Waals surface area contributed by atoms with E-state index < -0.39 is 5.97 Å². The molecule has 1 amide bonds. The van der Waals surface area contributed by atoms with E-state index in [1.54, 1.807) is 11.9 Å². The minimum atomic E-state index is -0.838. The Labute approximate surface area is 112 Å². The van der Waals surface area contributed by atoms with E-state index in [2.05, 4.69) is 0 Å². The van der Waals surface area contributed by atoms with Crippen LogP contribution in [0.5, 0.6) is 0 Å². The number of carbonyl (C=O) groups excluding carboxylic acids is 1. The Balaban J connectivity index is 2.20. The van der Waals surface area contributed by atoms with E-state index in [-0.39, 0.29) is 24.9 Å². The van der Waals surface area contributed by atoms with Crippen LogP contribution in [-0.2, 0) is 9.59 Å². The SMILES string of the molecule is Cc1cccc(N2CC(CC(=O)O)N(C)CC2=O)c1. The zero-order valence-electron chi connectivity index (χ0n) is 11.2. The maximum absolute atomic E-state index is 12.1. The molecule has 1 unspecified atom stereocenters. The highest BCUT2D eigenvalue weighted by atomic mass is 16.4. The summed E-state index contributed by atoms with van der Waals surface area (Å²) in [6.45, 7) is 2.65. The predicted molar refractivity (Wildman–Crippen MR) is 72.2 cm³/mol. The summed E-state index contributed by atoms with van der Waals surface area (Å²) in [5.74, 6) is -0.829. The largest absolute Gasteiger partial charge is 0.481 e. The number of amides is 1. The van der Waals surface area contributed by atoms with Crippen molar-refractivity contribution >= 4 is 17.6 Å². The van der Waals surface area contributed by atoms with Crippen LogP contribution < -0.4 is 4.90 Å². The second-order valence-electron chi connectivity index (χ2n) is 5.01. The zero-order valence-corrected chi connectivity index (χ0v) is 11.2. The molecule has 2 rings (SSSR count). The van der Waals surface area contributed by atoms with E-state index >= 15 is 0 Å². The normalized spacial score (nSPS) is 20.6. The fraction of sp³-hybridized carbons (Fsp3) is 0.429. The Bertz CT molecular complexity index is 501. The number of hydrogen-bond donors (Lipinski definition) is 1. The molecule has 0 radical (unpaired) electrons. The lowest BCUT2D eigenvalue weighted by molar-refractivity contribution is -0.139. The molecule has 1 aromatic carbocycles. The van der Waals surface area contributed by atoms with E-state index in [4.69, 9.17) is 5.11 Å². The molecule has 0 bridgehead atoms. The van der Waals surface area contributed by atoms with Gasteiger partial charge in [0.05, 0.1) is 13.0 Å². The maximum Gasteiger partial charge on any atom is 0.305 e. The van der Waals surface area contributed by atoms with E-state index in [0.717, 1.165) is 11.3 Å². The number of carboxylic acids is 1. The molecule has 1 aliphatic rings. The molecule has 0 aliphatic carbocycles. The van der Waals surface area contributed by atoms with Crippen LogP contribution in [0.3, 0.4) is 0 Å². The van der Waals surface area contributed by atoms with Crippen molar-refractivity contribution in [2.24, 2.45) is 0 Å². The highest BCUT2D eigenvalue weighted by Gasteiger charge is 2.31. The van der Waals surface area contributed by atoms with Crippen LogP contribution in [0.2, 0.25) is 0 Å². The summed E-state index contributed by atoms with van der Waals surface area (Å²) in [4.78, 5) is 26.4. The molecule has 5 heteroatoms. The van der Waals surface area contributed by atoms with Gasteiger partial charge in [-0.1, -0.05) is 12.1 Å². The second kappa shape index (κ2) is 5.40. The molecule has 0 aromatic heterocycles. The molecule has 1 saturated heterocycles. The number of aliphatic carboxylic acids is 1. The quantitative estimate of drug-likeness (QED) is 0.886. The minimum Gasteiger partial charge on any atom is -0.481 e. The third-order valence-corrected chi connectivity index (χ3v) is 3.43. The summed E-state index contributed by atoms with van der Waals surface area (Å²) in [5.41, 5.74) is 1.92. The average molecular weight is 262 g/mol. The molecule has 1 aliphatic heterocycles. The van der Waals surface area contributed by atoms with Gasteiger partial charge in [0.15, 0.2) is 0 Å². The van der Waals surface area contributed by atoms with Crippen LogP contribution in [0.4, 0.5) is 5.69 Å². The van der Waals surface area contributed by atoms with Gasteiger partial charge in [0.25, 0.3) is 0 Å². The third-order valence-electron chi connectivity index (χ3n) is 3.43. The van der Waals surface area contributed by atoms with Crippen molar-refractivity contribution in [1.29, 1.82) is 0 Å². The fourth-order valence-corrected chi connectivity index (χ4v) is 2.35. The van der Waals surface area contributed by atoms with Crippen molar-refractivity contribution in [1.82, 2.24) is 4.90 Å². The first-order valence-electron chi connectivity index (χ1n) is 6.26. The molecule has 1 aromatic rings. The summed E-state index contributed by atoms with van der Waals surface area (Å²) in [7, 11) is 1.79. The van der Waals surface area contributed by atoms with Crippen molar-refractivity contribution in [2.45, 2.75) is 19.4 Å². The molecule has 1 atom stereocenters. The highest BCUT2D eigenvalue weighted by Crippen LogP contribution is 2.21. The predicted octanol–water partition coefficient (Wildman–Crippen LogP) is 1.12. The van der Waals surface area contributed by atoms with Gasteiger partial charge in [-0.2, -0.15) is 0 Å². The molecule has 1 N–H and O–H groups in total. The minimum absolute atomic E-state index is 0.00902. The van der Waals surface area contributed by atoms with Crippen LogP contribution in [0.15, 0.2) is 24.3 Å². The number of carboxylic acid groups (broad SMARTS) is 1. The Morgan fingerprint density at radius 2 is 2.21 bits per heavy atom. The lowest BCUT2D eigenvalue weighted by atomic mass is 10.1. The van der Waals surface area contributed by atoms with E-state index in [1.807, 2.05) is 36.1 Å². The molecule has 1 fully saturated rings. The van der Waals surface area contributed by atoms with Gasteiger partial charge >= 0.3 is 5.97 Å². The Morgan fingerprint density at radius 3 is 2.84 bits per heavy atom. The van der Waals surface area contributed by atoms with Gasteiger partial charge in [0.2, 0.25) is 5.91 Å².